The number of amides is 1. The Morgan fingerprint density at radius 2 is 2.18 bits per heavy atom. The van der Waals surface area contributed by atoms with Crippen molar-refractivity contribution in [3.05, 3.63) is 39.4 Å². The van der Waals surface area contributed by atoms with Crippen LogP contribution in [0.1, 0.15) is 11.1 Å². The molecule has 1 amide bonds. The maximum atomic E-state index is 11.2. The van der Waals surface area contributed by atoms with Crippen molar-refractivity contribution >= 4 is 11.6 Å². The molecule has 0 saturated heterocycles. The first-order chi connectivity index (χ1) is 8.06. The molecule has 1 aromatic rings. The summed E-state index contributed by atoms with van der Waals surface area (Å²) in [5, 5.41) is 16.1. The molecule has 0 unspecified atom stereocenters. The molecule has 0 aliphatic rings. The minimum absolute atomic E-state index is 0.0744. The summed E-state index contributed by atoms with van der Waals surface area (Å²) in [7, 11) is 1.68. The molecule has 0 spiro atoms. The number of carbonyl (C=O) groups excluding carboxylic acids is 1. The molecule has 0 heterocycles. The van der Waals surface area contributed by atoms with E-state index < -0.39 is 4.92 Å². The van der Waals surface area contributed by atoms with Gasteiger partial charge in [0.2, 0.25) is 5.91 Å². The lowest BCUT2D eigenvalue weighted by Crippen LogP contribution is -2.31. The average Bonchev–Trinajstić information content (AvgIpc) is 2.27. The molecule has 6 nitrogen and oxygen atoms in total. The van der Waals surface area contributed by atoms with Gasteiger partial charge in [0.25, 0.3) is 5.69 Å². The topological polar surface area (TPSA) is 84.3 Å². The smallest absolute Gasteiger partial charge is 0.272 e. The van der Waals surface area contributed by atoms with E-state index in [2.05, 4.69) is 10.6 Å². The Balaban J connectivity index is 2.75. The first-order valence-electron chi connectivity index (χ1n) is 5.20. The fourth-order valence-electron chi connectivity index (χ4n) is 1.48. The summed E-state index contributed by atoms with van der Waals surface area (Å²) >= 11 is 0. The maximum Gasteiger partial charge on any atom is 0.272 e. The number of hydrogen-bond acceptors (Lipinski definition) is 4. The van der Waals surface area contributed by atoms with Crippen LogP contribution in [0.4, 0.5) is 5.69 Å². The van der Waals surface area contributed by atoms with Crippen molar-refractivity contribution in [2.45, 2.75) is 13.5 Å². The molecule has 0 atom stereocenters. The predicted molar refractivity (Wildman–Crippen MR) is 63.6 cm³/mol. The Kier molecular flexibility index (Phi) is 4.59. The number of likely N-dealkylation sites (N-methyl/N-ethyl adjacent to an activating group) is 1. The molecule has 0 fully saturated rings. The van der Waals surface area contributed by atoms with Crippen molar-refractivity contribution in [1.82, 2.24) is 10.6 Å². The Morgan fingerprint density at radius 1 is 1.47 bits per heavy atom. The Morgan fingerprint density at radius 3 is 2.76 bits per heavy atom. The number of nitrogens with one attached hydrogen (secondary N) is 2. The zero-order valence-corrected chi connectivity index (χ0v) is 9.82. The quantitative estimate of drug-likeness (QED) is 0.584. The van der Waals surface area contributed by atoms with E-state index >= 15 is 0 Å². The van der Waals surface area contributed by atoms with Crippen molar-refractivity contribution in [2.24, 2.45) is 0 Å². The van der Waals surface area contributed by atoms with Crippen molar-refractivity contribution in [1.29, 1.82) is 0 Å². The van der Waals surface area contributed by atoms with E-state index in [1.165, 1.54) is 6.07 Å². The largest absolute Gasteiger partial charge is 0.351 e. The normalized spacial score (nSPS) is 10.0. The number of nitrogens with zero attached hydrogens (tertiary/aromatic N) is 1. The summed E-state index contributed by atoms with van der Waals surface area (Å²) in [6, 6.07) is 4.83. The molecule has 0 aromatic heterocycles. The van der Waals surface area contributed by atoms with Crippen LogP contribution in [0.5, 0.6) is 0 Å². The molecule has 17 heavy (non-hydrogen) atoms. The molecule has 0 saturated carbocycles. The van der Waals surface area contributed by atoms with E-state index in [4.69, 9.17) is 0 Å². The fraction of sp³-hybridized carbons (Fsp3) is 0.364. The summed E-state index contributed by atoms with van der Waals surface area (Å²) in [6.45, 7) is 2.21. The van der Waals surface area contributed by atoms with Gasteiger partial charge in [0.05, 0.1) is 11.5 Å². The first kappa shape index (κ1) is 13.1. The van der Waals surface area contributed by atoms with Crippen LogP contribution in [-0.4, -0.2) is 24.4 Å². The molecule has 1 aromatic carbocycles. The van der Waals surface area contributed by atoms with Crippen LogP contribution in [0.25, 0.3) is 0 Å². The Labute approximate surface area is 99.2 Å². The zero-order valence-electron chi connectivity index (χ0n) is 9.82. The van der Waals surface area contributed by atoms with Crippen LogP contribution >= 0.6 is 0 Å². The lowest BCUT2D eigenvalue weighted by Gasteiger charge is -2.07. The number of carbonyl (C=O) groups is 1. The molecular formula is C11H15N3O3. The van der Waals surface area contributed by atoms with Crippen molar-refractivity contribution in [3.8, 4) is 0 Å². The van der Waals surface area contributed by atoms with E-state index in [0.717, 1.165) is 5.56 Å². The van der Waals surface area contributed by atoms with Gasteiger partial charge in [-0.3, -0.25) is 14.9 Å². The van der Waals surface area contributed by atoms with Gasteiger partial charge in [-0.1, -0.05) is 12.1 Å². The highest BCUT2D eigenvalue weighted by molar-refractivity contribution is 5.78. The summed E-state index contributed by atoms with van der Waals surface area (Å²) < 4.78 is 0. The monoisotopic (exact) mass is 237 g/mol. The lowest BCUT2D eigenvalue weighted by atomic mass is 10.1. The average molecular weight is 237 g/mol. The van der Waals surface area contributed by atoms with Gasteiger partial charge in [0, 0.05) is 18.2 Å². The van der Waals surface area contributed by atoms with Crippen LogP contribution in [0, 0.1) is 17.0 Å². The van der Waals surface area contributed by atoms with Gasteiger partial charge < -0.3 is 10.6 Å². The highest BCUT2D eigenvalue weighted by Crippen LogP contribution is 2.20. The summed E-state index contributed by atoms with van der Waals surface area (Å²) in [4.78, 5) is 21.5. The van der Waals surface area contributed by atoms with Gasteiger partial charge in [0.15, 0.2) is 0 Å². The Hall–Kier alpha value is -1.95. The fourth-order valence-corrected chi connectivity index (χ4v) is 1.48. The van der Waals surface area contributed by atoms with Gasteiger partial charge >= 0.3 is 0 Å². The third kappa shape index (κ3) is 3.53. The first-order valence-corrected chi connectivity index (χ1v) is 5.20. The maximum absolute atomic E-state index is 11.2. The SMILES string of the molecule is CNCC(=O)NCc1cccc([N+](=O)[O-])c1C. The predicted octanol–water partition coefficient (Wildman–Crippen LogP) is 0.739. The van der Waals surface area contributed by atoms with E-state index in [1.807, 2.05) is 0 Å². The van der Waals surface area contributed by atoms with Gasteiger partial charge in [-0.25, -0.2) is 0 Å². The molecule has 2 N–H and O–H groups in total. The molecule has 0 radical (unpaired) electrons. The molecule has 0 aliphatic heterocycles. The second-order valence-electron chi connectivity index (χ2n) is 3.63. The standard InChI is InChI=1S/C11H15N3O3/c1-8-9(6-13-11(15)7-12-2)4-3-5-10(8)14(16)17/h3-5,12H,6-7H2,1-2H3,(H,13,15). The summed E-state index contributed by atoms with van der Waals surface area (Å²) in [5.74, 6) is -0.140. The van der Waals surface area contributed by atoms with Crippen LogP contribution in [-0.2, 0) is 11.3 Å². The van der Waals surface area contributed by atoms with Gasteiger partial charge in [0.1, 0.15) is 0 Å². The zero-order chi connectivity index (χ0) is 12.8. The second kappa shape index (κ2) is 5.95. The highest BCUT2D eigenvalue weighted by Gasteiger charge is 2.13. The number of nitro benzene ring substituents is 1. The van der Waals surface area contributed by atoms with E-state index in [0.29, 0.717) is 12.1 Å². The number of nitro groups is 1. The molecular weight excluding hydrogens is 222 g/mol. The molecule has 92 valence electrons. The number of benzene rings is 1. The molecule has 1 rings (SSSR count). The highest BCUT2D eigenvalue weighted by atomic mass is 16.6. The van der Waals surface area contributed by atoms with E-state index in [1.54, 1.807) is 26.1 Å². The summed E-state index contributed by atoms with van der Waals surface area (Å²) in [5.41, 5.74) is 1.41. The number of rotatable bonds is 5. The minimum atomic E-state index is -0.422. The van der Waals surface area contributed by atoms with Crippen molar-refractivity contribution < 1.29 is 9.72 Å². The third-order valence-electron chi connectivity index (χ3n) is 2.43. The van der Waals surface area contributed by atoms with Crippen LogP contribution in [0.2, 0.25) is 0 Å². The number of hydrogen-bond donors (Lipinski definition) is 2. The Bertz CT molecular complexity index is 432. The van der Waals surface area contributed by atoms with Gasteiger partial charge in [-0.2, -0.15) is 0 Å². The van der Waals surface area contributed by atoms with Crippen molar-refractivity contribution in [3.63, 3.8) is 0 Å². The molecule has 0 bridgehead atoms. The van der Waals surface area contributed by atoms with Crippen LogP contribution in [0.15, 0.2) is 18.2 Å². The van der Waals surface area contributed by atoms with Crippen LogP contribution in [0.3, 0.4) is 0 Å². The van der Waals surface area contributed by atoms with Crippen LogP contribution < -0.4 is 10.6 Å². The van der Waals surface area contributed by atoms with Gasteiger partial charge in [-0.15, -0.1) is 0 Å². The van der Waals surface area contributed by atoms with E-state index in [-0.39, 0.29) is 18.1 Å². The van der Waals surface area contributed by atoms with Gasteiger partial charge in [-0.05, 0) is 19.5 Å². The lowest BCUT2D eigenvalue weighted by molar-refractivity contribution is -0.385. The van der Waals surface area contributed by atoms with Crippen molar-refractivity contribution in [2.75, 3.05) is 13.6 Å². The van der Waals surface area contributed by atoms with E-state index in [9.17, 15) is 14.9 Å². The third-order valence-corrected chi connectivity index (χ3v) is 2.43. The summed E-state index contributed by atoms with van der Waals surface area (Å²) in [6.07, 6.45) is 0. The minimum Gasteiger partial charge on any atom is -0.351 e. The molecule has 0 aliphatic carbocycles. The second-order valence-corrected chi connectivity index (χ2v) is 3.63. The molecule has 6 heteroatoms.